The van der Waals surface area contributed by atoms with Gasteiger partial charge in [-0.1, -0.05) is 46.6 Å². The van der Waals surface area contributed by atoms with E-state index in [0.29, 0.717) is 35.3 Å². The van der Waals surface area contributed by atoms with E-state index < -0.39 is 0 Å². The largest absolute Gasteiger partial charge is 0.493 e. The quantitative estimate of drug-likeness (QED) is 0.279. The predicted octanol–water partition coefficient (Wildman–Crippen LogP) is 6.23. The molecule has 1 amide bonds. The van der Waals surface area contributed by atoms with Gasteiger partial charge in [0.25, 0.3) is 5.91 Å². The van der Waals surface area contributed by atoms with Crippen LogP contribution in [0.2, 0.25) is 5.02 Å². The van der Waals surface area contributed by atoms with E-state index in [1.54, 1.807) is 30.5 Å². The van der Waals surface area contributed by atoms with Gasteiger partial charge in [-0.05, 0) is 66.6 Å². The summed E-state index contributed by atoms with van der Waals surface area (Å²) in [5.74, 6) is 1.07. The van der Waals surface area contributed by atoms with Gasteiger partial charge in [0, 0.05) is 20.6 Å². The monoisotopic (exact) mass is 500 g/mol. The molecule has 1 N–H and O–H groups in total. The number of rotatable bonds is 9. The van der Waals surface area contributed by atoms with Gasteiger partial charge in [0.15, 0.2) is 0 Å². The molecule has 3 rings (SSSR count). The van der Waals surface area contributed by atoms with Crippen molar-refractivity contribution >= 4 is 39.7 Å². The Morgan fingerprint density at radius 2 is 1.81 bits per heavy atom. The molecule has 160 valence electrons. The Hall–Kier alpha value is -2.83. The third-order valence-electron chi connectivity index (χ3n) is 4.24. The lowest BCUT2D eigenvalue weighted by Gasteiger charge is -2.08. The molecule has 0 spiro atoms. The van der Waals surface area contributed by atoms with Gasteiger partial charge in [0.2, 0.25) is 0 Å². The molecule has 0 aliphatic carbocycles. The fraction of sp³-hybridized carbons (Fsp3) is 0.167. The van der Waals surface area contributed by atoms with Crippen molar-refractivity contribution in [2.75, 3.05) is 6.61 Å². The van der Waals surface area contributed by atoms with Crippen molar-refractivity contribution in [2.45, 2.75) is 20.0 Å². The summed E-state index contributed by atoms with van der Waals surface area (Å²) in [4.78, 5) is 12.4. The molecule has 0 saturated carbocycles. The highest BCUT2D eigenvalue weighted by Crippen LogP contribution is 2.22. The second-order valence-electron chi connectivity index (χ2n) is 6.67. The minimum Gasteiger partial charge on any atom is -0.493 e. The number of nitrogens with one attached hydrogen (secondary N) is 1. The van der Waals surface area contributed by atoms with Gasteiger partial charge >= 0.3 is 0 Å². The Morgan fingerprint density at radius 3 is 2.52 bits per heavy atom. The predicted molar refractivity (Wildman–Crippen MR) is 127 cm³/mol. The fourth-order valence-corrected chi connectivity index (χ4v) is 3.14. The number of halogens is 2. The van der Waals surface area contributed by atoms with Crippen molar-refractivity contribution in [3.05, 3.63) is 92.9 Å². The number of hydrazone groups is 1. The van der Waals surface area contributed by atoms with Gasteiger partial charge < -0.3 is 9.47 Å². The first-order valence-electron chi connectivity index (χ1n) is 9.78. The summed E-state index contributed by atoms with van der Waals surface area (Å²) in [5.41, 5.74) is 4.80. The van der Waals surface area contributed by atoms with Crippen LogP contribution in [0.4, 0.5) is 0 Å². The Kier molecular flexibility index (Phi) is 8.50. The highest BCUT2D eigenvalue weighted by molar-refractivity contribution is 9.10. The van der Waals surface area contributed by atoms with Gasteiger partial charge in [0.1, 0.15) is 18.1 Å². The molecule has 7 heteroatoms. The van der Waals surface area contributed by atoms with Gasteiger partial charge in [-0.2, -0.15) is 5.10 Å². The molecule has 3 aromatic rings. The minimum absolute atomic E-state index is 0.313. The summed E-state index contributed by atoms with van der Waals surface area (Å²) in [7, 11) is 0. The van der Waals surface area contributed by atoms with Crippen molar-refractivity contribution in [2.24, 2.45) is 5.10 Å². The number of amides is 1. The molecule has 0 aromatic heterocycles. The lowest BCUT2D eigenvalue weighted by atomic mass is 10.2. The molecule has 0 saturated heterocycles. The van der Waals surface area contributed by atoms with Crippen LogP contribution in [0.25, 0.3) is 0 Å². The summed E-state index contributed by atoms with van der Waals surface area (Å²) in [5, 5.41) is 4.75. The molecular weight excluding hydrogens is 480 g/mol. The molecule has 0 fully saturated rings. The zero-order valence-corrected chi connectivity index (χ0v) is 19.3. The number of hydrogen-bond acceptors (Lipinski definition) is 4. The molecule has 0 heterocycles. The zero-order valence-electron chi connectivity index (χ0n) is 17.0. The maximum Gasteiger partial charge on any atom is 0.271 e. The number of hydrogen-bond donors (Lipinski definition) is 1. The van der Waals surface area contributed by atoms with Crippen molar-refractivity contribution in [1.82, 2.24) is 5.43 Å². The van der Waals surface area contributed by atoms with Crippen LogP contribution in [0.3, 0.4) is 0 Å². The van der Waals surface area contributed by atoms with Crippen molar-refractivity contribution in [1.29, 1.82) is 0 Å². The third kappa shape index (κ3) is 7.12. The molecule has 0 atom stereocenters. The van der Waals surface area contributed by atoms with Gasteiger partial charge in [-0.25, -0.2) is 5.43 Å². The van der Waals surface area contributed by atoms with E-state index in [2.05, 4.69) is 26.5 Å². The maximum absolute atomic E-state index is 12.4. The molecule has 31 heavy (non-hydrogen) atoms. The second kappa shape index (κ2) is 11.5. The molecule has 5 nitrogen and oxygen atoms in total. The van der Waals surface area contributed by atoms with Gasteiger partial charge in [-0.3, -0.25) is 4.79 Å². The second-order valence-corrected chi connectivity index (χ2v) is 8.02. The molecule has 0 radical (unpaired) electrons. The summed E-state index contributed by atoms with van der Waals surface area (Å²) in [6.45, 7) is 3.07. The van der Waals surface area contributed by atoms with Crippen LogP contribution in [0.5, 0.6) is 11.5 Å². The number of benzene rings is 3. The standard InChI is InChI=1S/C24H22BrClN2O3/c1-2-13-30-23-12-7-20(25)14-19(23)15-27-28-24(29)18-5-10-22(11-6-18)31-16-17-3-8-21(26)9-4-17/h3-12,14-15H,2,13,16H2,1H3,(H,28,29)/b27-15+. The molecule has 0 unspecified atom stereocenters. The third-order valence-corrected chi connectivity index (χ3v) is 4.98. The van der Waals surface area contributed by atoms with E-state index in [9.17, 15) is 4.79 Å². The summed E-state index contributed by atoms with van der Waals surface area (Å²) in [6.07, 6.45) is 2.47. The van der Waals surface area contributed by atoms with Crippen molar-refractivity contribution < 1.29 is 14.3 Å². The van der Waals surface area contributed by atoms with Crippen molar-refractivity contribution in [3.63, 3.8) is 0 Å². The number of nitrogens with zero attached hydrogens (tertiary/aromatic N) is 1. The van der Waals surface area contributed by atoms with E-state index >= 15 is 0 Å². The van der Waals surface area contributed by atoms with Crippen LogP contribution in [0, 0.1) is 0 Å². The summed E-state index contributed by atoms with van der Waals surface area (Å²) in [6, 6.07) is 20.0. The first kappa shape index (κ1) is 22.8. The highest BCUT2D eigenvalue weighted by Gasteiger charge is 2.06. The Labute approximate surface area is 195 Å². The van der Waals surface area contributed by atoms with E-state index in [1.807, 2.05) is 49.4 Å². The fourth-order valence-electron chi connectivity index (χ4n) is 2.64. The average Bonchev–Trinajstić information content (AvgIpc) is 2.78. The molecule has 0 bridgehead atoms. The van der Waals surface area contributed by atoms with E-state index in [4.69, 9.17) is 21.1 Å². The highest BCUT2D eigenvalue weighted by atomic mass is 79.9. The zero-order chi connectivity index (χ0) is 22.1. The van der Waals surface area contributed by atoms with E-state index in [-0.39, 0.29) is 5.91 Å². The normalized spacial score (nSPS) is 10.8. The maximum atomic E-state index is 12.4. The van der Waals surface area contributed by atoms with Crippen LogP contribution >= 0.6 is 27.5 Å². The van der Waals surface area contributed by atoms with Crippen molar-refractivity contribution in [3.8, 4) is 11.5 Å². The van der Waals surface area contributed by atoms with Gasteiger partial charge in [-0.15, -0.1) is 0 Å². The molecule has 0 aliphatic rings. The van der Waals surface area contributed by atoms with Crippen LogP contribution < -0.4 is 14.9 Å². The number of carbonyl (C=O) groups excluding carboxylic acids is 1. The lowest BCUT2D eigenvalue weighted by Crippen LogP contribution is -2.17. The lowest BCUT2D eigenvalue weighted by molar-refractivity contribution is 0.0955. The SMILES string of the molecule is CCCOc1ccc(Br)cc1/C=N/NC(=O)c1ccc(OCc2ccc(Cl)cc2)cc1. The van der Waals surface area contributed by atoms with Crippen LogP contribution in [0.1, 0.15) is 34.8 Å². The van der Waals surface area contributed by atoms with Crippen LogP contribution in [0.15, 0.2) is 76.3 Å². The Balaban J connectivity index is 1.56. The topological polar surface area (TPSA) is 59.9 Å². The summed E-state index contributed by atoms with van der Waals surface area (Å²) >= 11 is 9.32. The first-order valence-corrected chi connectivity index (χ1v) is 11.0. The molecule has 3 aromatic carbocycles. The Bertz CT molecular complexity index is 1040. The van der Waals surface area contributed by atoms with E-state index in [1.165, 1.54) is 0 Å². The van der Waals surface area contributed by atoms with Crippen LogP contribution in [-0.2, 0) is 6.61 Å². The smallest absolute Gasteiger partial charge is 0.271 e. The molecule has 0 aliphatic heterocycles. The minimum atomic E-state index is -0.313. The van der Waals surface area contributed by atoms with Gasteiger partial charge in [0.05, 0.1) is 12.8 Å². The summed E-state index contributed by atoms with van der Waals surface area (Å²) < 4.78 is 12.4. The van der Waals surface area contributed by atoms with E-state index in [0.717, 1.165) is 22.0 Å². The molecular formula is C24H22BrClN2O3. The number of carbonyl (C=O) groups is 1. The first-order chi connectivity index (χ1) is 15.0. The number of ether oxygens (including phenoxy) is 2. The Morgan fingerprint density at radius 1 is 1.06 bits per heavy atom. The van der Waals surface area contributed by atoms with Crippen LogP contribution in [-0.4, -0.2) is 18.7 Å². The average molecular weight is 502 g/mol.